The summed E-state index contributed by atoms with van der Waals surface area (Å²) < 4.78 is 0. The third-order valence-electron chi connectivity index (χ3n) is 14.5. The zero-order valence-corrected chi connectivity index (χ0v) is 32.4. The van der Waals surface area contributed by atoms with Gasteiger partial charge in [0, 0.05) is 16.8 Å². The van der Waals surface area contributed by atoms with Crippen molar-refractivity contribution < 1.29 is 0 Å². The van der Waals surface area contributed by atoms with Gasteiger partial charge >= 0.3 is 0 Å². The van der Waals surface area contributed by atoms with Crippen LogP contribution in [0, 0.1) is 11.8 Å². The zero-order chi connectivity index (χ0) is 36.7. The molecule has 0 amide bonds. The van der Waals surface area contributed by atoms with Crippen molar-refractivity contribution in [3.8, 4) is 22.3 Å². The number of benzene rings is 7. The molecular formula is C54H51N. The fourth-order valence-corrected chi connectivity index (χ4v) is 11.6. The lowest BCUT2D eigenvalue weighted by atomic mass is 9.81. The molecule has 11 rings (SSSR count). The summed E-state index contributed by atoms with van der Waals surface area (Å²) >= 11 is 0. The monoisotopic (exact) mass is 713 g/mol. The van der Waals surface area contributed by atoms with E-state index in [9.17, 15) is 0 Å². The molecule has 4 aliphatic rings. The van der Waals surface area contributed by atoms with Gasteiger partial charge in [-0.3, -0.25) is 0 Å². The number of fused-ring (bicyclic) bond motifs is 7. The molecule has 0 spiro atoms. The topological polar surface area (TPSA) is 3.24 Å². The van der Waals surface area contributed by atoms with E-state index < -0.39 is 0 Å². The van der Waals surface area contributed by atoms with Crippen molar-refractivity contribution in [1.82, 2.24) is 0 Å². The number of anilines is 3. The second-order valence-corrected chi connectivity index (χ2v) is 17.9. The van der Waals surface area contributed by atoms with Crippen molar-refractivity contribution in [2.75, 3.05) is 4.90 Å². The van der Waals surface area contributed by atoms with Crippen LogP contribution in [-0.4, -0.2) is 0 Å². The molecule has 3 atom stereocenters. The van der Waals surface area contributed by atoms with Crippen molar-refractivity contribution >= 4 is 38.6 Å². The van der Waals surface area contributed by atoms with Crippen molar-refractivity contribution in [3.63, 3.8) is 0 Å². The molecule has 3 unspecified atom stereocenters. The summed E-state index contributed by atoms with van der Waals surface area (Å²) in [5.74, 6) is 3.13. The molecule has 2 bridgehead atoms. The molecule has 7 aromatic rings. The molecule has 7 aromatic carbocycles. The van der Waals surface area contributed by atoms with E-state index in [0.717, 1.165) is 17.8 Å². The molecule has 55 heavy (non-hydrogen) atoms. The van der Waals surface area contributed by atoms with E-state index in [-0.39, 0.29) is 5.41 Å². The Hall–Kier alpha value is -5.14. The Kier molecular flexibility index (Phi) is 7.84. The highest BCUT2D eigenvalue weighted by molar-refractivity contribution is 5.97. The standard InChI is InChI=1S/C54H51N/c1-54(2)50-18-10-17-46(43-22-21-36-11-6-7-14-39(36)31-43)53(50)47-28-27-45(34-51(47)54)55(44-25-23-38(24-26-44)48-30-35-19-20-42(48)29-35)52-33-41-16-9-8-15-40(41)32-49(52)37-12-4-3-5-13-37/h6-11,14-18,21-28,31-35,37,42,48H,3-5,12-13,19-20,29-30H2,1-2H3. The minimum absolute atomic E-state index is 0.138. The second-order valence-electron chi connectivity index (χ2n) is 17.9. The van der Waals surface area contributed by atoms with Gasteiger partial charge in [-0.05, 0) is 164 Å². The Morgan fingerprint density at radius 3 is 2.00 bits per heavy atom. The van der Waals surface area contributed by atoms with Gasteiger partial charge in [0.15, 0.2) is 0 Å². The fourth-order valence-electron chi connectivity index (χ4n) is 11.6. The van der Waals surface area contributed by atoms with E-state index in [1.54, 1.807) is 5.56 Å². The number of rotatable bonds is 6. The average molecular weight is 714 g/mol. The molecule has 0 saturated heterocycles. The highest BCUT2D eigenvalue weighted by Gasteiger charge is 2.41. The molecule has 0 N–H and O–H groups in total. The summed E-state index contributed by atoms with van der Waals surface area (Å²) in [5.41, 5.74) is 15.0. The first kappa shape index (κ1) is 33.2. The predicted molar refractivity (Wildman–Crippen MR) is 233 cm³/mol. The van der Waals surface area contributed by atoms with Crippen molar-refractivity contribution in [2.24, 2.45) is 11.8 Å². The SMILES string of the molecule is CC1(C)c2cc(N(c3ccc(C4CC5CCC4C5)cc3)c3cc4ccccc4cc3C3CCCCC3)ccc2-c2c(-c3ccc4ccccc4c3)cccc21. The molecular weight excluding hydrogens is 663 g/mol. The van der Waals surface area contributed by atoms with Gasteiger partial charge < -0.3 is 4.90 Å². The third-order valence-corrected chi connectivity index (χ3v) is 14.5. The van der Waals surface area contributed by atoms with E-state index in [0.29, 0.717) is 5.92 Å². The van der Waals surface area contributed by atoms with E-state index in [1.165, 1.54) is 135 Å². The van der Waals surface area contributed by atoms with Crippen LogP contribution < -0.4 is 4.90 Å². The van der Waals surface area contributed by atoms with Gasteiger partial charge in [-0.2, -0.15) is 0 Å². The van der Waals surface area contributed by atoms with E-state index in [1.807, 2.05) is 0 Å². The summed E-state index contributed by atoms with van der Waals surface area (Å²) in [6.07, 6.45) is 12.2. The van der Waals surface area contributed by atoms with Gasteiger partial charge in [-0.1, -0.05) is 137 Å². The van der Waals surface area contributed by atoms with Gasteiger partial charge in [0.1, 0.15) is 0 Å². The van der Waals surface area contributed by atoms with Gasteiger partial charge in [-0.15, -0.1) is 0 Å². The lowest BCUT2D eigenvalue weighted by molar-refractivity contribution is 0.420. The fraction of sp³-hybridized carbons (Fsp3) is 0.296. The van der Waals surface area contributed by atoms with Gasteiger partial charge in [0.05, 0.1) is 5.69 Å². The van der Waals surface area contributed by atoms with E-state index >= 15 is 0 Å². The molecule has 4 aliphatic carbocycles. The summed E-state index contributed by atoms with van der Waals surface area (Å²) in [6, 6.07) is 54.0. The summed E-state index contributed by atoms with van der Waals surface area (Å²) in [7, 11) is 0. The smallest absolute Gasteiger partial charge is 0.0502 e. The van der Waals surface area contributed by atoms with Crippen molar-refractivity contribution in [1.29, 1.82) is 0 Å². The molecule has 1 nitrogen and oxygen atoms in total. The molecule has 272 valence electrons. The third kappa shape index (κ3) is 5.48. The maximum atomic E-state index is 2.63. The maximum Gasteiger partial charge on any atom is 0.0502 e. The van der Waals surface area contributed by atoms with E-state index in [2.05, 4.69) is 158 Å². The van der Waals surface area contributed by atoms with Crippen LogP contribution in [0.2, 0.25) is 0 Å². The van der Waals surface area contributed by atoms with Crippen LogP contribution in [0.15, 0.2) is 140 Å². The van der Waals surface area contributed by atoms with Crippen LogP contribution in [0.1, 0.15) is 106 Å². The van der Waals surface area contributed by atoms with Crippen LogP contribution in [0.4, 0.5) is 17.1 Å². The summed E-state index contributed by atoms with van der Waals surface area (Å²) in [5, 5.41) is 5.24. The van der Waals surface area contributed by atoms with Gasteiger partial charge in [0.2, 0.25) is 0 Å². The average Bonchev–Trinajstić information content (AvgIpc) is 3.94. The quantitative estimate of drug-likeness (QED) is 0.166. The maximum absolute atomic E-state index is 2.63. The van der Waals surface area contributed by atoms with Crippen LogP contribution in [-0.2, 0) is 5.41 Å². The molecule has 0 heterocycles. The van der Waals surface area contributed by atoms with Crippen molar-refractivity contribution in [3.05, 3.63) is 162 Å². The van der Waals surface area contributed by atoms with Crippen LogP contribution in [0.3, 0.4) is 0 Å². The Morgan fingerprint density at radius 2 is 1.25 bits per heavy atom. The minimum Gasteiger partial charge on any atom is -0.310 e. The largest absolute Gasteiger partial charge is 0.310 e. The number of hydrogen-bond acceptors (Lipinski definition) is 1. The van der Waals surface area contributed by atoms with Crippen LogP contribution in [0.5, 0.6) is 0 Å². The van der Waals surface area contributed by atoms with Crippen LogP contribution >= 0.6 is 0 Å². The summed E-state index contributed by atoms with van der Waals surface area (Å²) in [6.45, 7) is 4.87. The second kappa shape index (κ2) is 13.0. The molecule has 0 aromatic heterocycles. The van der Waals surface area contributed by atoms with E-state index in [4.69, 9.17) is 0 Å². The first-order chi connectivity index (χ1) is 27.0. The normalized spacial score (nSPS) is 21.2. The lowest BCUT2D eigenvalue weighted by Crippen LogP contribution is -2.18. The number of nitrogens with zero attached hydrogens (tertiary/aromatic N) is 1. The van der Waals surface area contributed by atoms with Crippen molar-refractivity contribution in [2.45, 2.75) is 88.9 Å². The lowest BCUT2D eigenvalue weighted by Gasteiger charge is -2.33. The highest BCUT2D eigenvalue weighted by Crippen LogP contribution is 2.56. The van der Waals surface area contributed by atoms with Crippen LogP contribution in [0.25, 0.3) is 43.8 Å². The zero-order valence-electron chi connectivity index (χ0n) is 32.4. The minimum atomic E-state index is -0.138. The number of hydrogen-bond donors (Lipinski definition) is 0. The predicted octanol–water partition coefficient (Wildman–Crippen LogP) is 15.4. The summed E-state index contributed by atoms with van der Waals surface area (Å²) in [4.78, 5) is 2.63. The Labute approximate surface area is 327 Å². The molecule has 3 saturated carbocycles. The molecule has 1 heteroatoms. The highest BCUT2D eigenvalue weighted by atomic mass is 15.1. The molecule has 0 aliphatic heterocycles. The van der Waals surface area contributed by atoms with Gasteiger partial charge in [0.25, 0.3) is 0 Å². The molecule has 0 radical (unpaired) electrons. The molecule has 3 fully saturated rings. The first-order valence-electron chi connectivity index (χ1n) is 21.2. The van der Waals surface area contributed by atoms with Gasteiger partial charge in [-0.25, -0.2) is 0 Å². The Balaban J connectivity index is 1.08. The Bertz CT molecular complexity index is 2580. The first-order valence-corrected chi connectivity index (χ1v) is 21.2. The Morgan fingerprint density at radius 1 is 0.527 bits per heavy atom.